The number of carboxylic acid groups (broad SMARTS) is 1. The van der Waals surface area contributed by atoms with Gasteiger partial charge < -0.3 is 10.4 Å². The summed E-state index contributed by atoms with van der Waals surface area (Å²) in [6, 6.07) is 0.729. The highest BCUT2D eigenvalue weighted by Crippen LogP contribution is 2.53. The van der Waals surface area contributed by atoms with Crippen molar-refractivity contribution < 1.29 is 9.90 Å². The fourth-order valence-corrected chi connectivity index (χ4v) is 4.85. The summed E-state index contributed by atoms with van der Waals surface area (Å²) in [5.74, 6) is 2.97. The fourth-order valence-electron chi connectivity index (χ4n) is 4.85. The monoisotopic (exact) mass is 237 g/mol. The van der Waals surface area contributed by atoms with Crippen LogP contribution in [-0.2, 0) is 4.79 Å². The molecule has 3 heteroatoms. The fraction of sp³-hybridized carbons (Fsp3) is 0.929. The number of hydrogen-bond donors (Lipinski definition) is 2. The van der Waals surface area contributed by atoms with E-state index in [-0.39, 0.29) is 12.5 Å². The van der Waals surface area contributed by atoms with Crippen LogP contribution in [0.3, 0.4) is 0 Å². The zero-order valence-corrected chi connectivity index (χ0v) is 10.6. The minimum absolute atomic E-state index is 0.120. The van der Waals surface area contributed by atoms with Crippen molar-refractivity contribution >= 4 is 5.97 Å². The molecule has 4 saturated carbocycles. The second-order valence-electron chi connectivity index (χ2n) is 6.62. The van der Waals surface area contributed by atoms with Crippen LogP contribution >= 0.6 is 0 Å². The van der Waals surface area contributed by atoms with Crippen molar-refractivity contribution in [1.82, 2.24) is 5.32 Å². The quantitative estimate of drug-likeness (QED) is 0.788. The number of nitrogens with one attached hydrogen (secondary N) is 1. The summed E-state index contributed by atoms with van der Waals surface area (Å²) in [5.41, 5.74) is 0. The first-order valence-electron chi connectivity index (χ1n) is 7.09. The van der Waals surface area contributed by atoms with Gasteiger partial charge in [-0.1, -0.05) is 0 Å². The first-order valence-corrected chi connectivity index (χ1v) is 7.09. The highest BCUT2D eigenvalue weighted by molar-refractivity contribution is 5.67. The molecule has 0 saturated heterocycles. The molecule has 4 fully saturated rings. The van der Waals surface area contributed by atoms with Gasteiger partial charge in [0.25, 0.3) is 0 Å². The van der Waals surface area contributed by atoms with Gasteiger partial charge in [0.1, 0.15) is 0 Å². The molecular weight excluding hydrogens is 214 g/mol. The molecule has 0 amide bonds. The summed E-state index contributed by atoms with van der Waals surface area (Å²) in [4.78, 5) is 10.7. The third-order valence-electron chi connectivity index (χ3n) is 5.18. The van der Waals surface area contributed by atoms with Crippen molar-refractivity contribution in [3.8, 4) is 0 Å². The standard InChI is InChI=1S/C14H23NO2/c1-8(2-13(16)17)15-14-11-4-9-3-10(6-11)7-12(14)5-9/h8-12,14-15H,2-7H2,1H3,(H,16,17). The van der Waals surface area contributed by atoms with Gasteiger partial charge in [-0.05, 0) is 62.7 Å². The zero-order chi connectivity index (χ0) is 12.0. The summed E-state index contributed by atoms with van der Waals surface area (Å²) >= 11 is 0. The zero-order valence-electron chi connectivity index (χ0n) is 10.6. The van der Waals surface area contributed by atoms with Gasteiger partial charge in [-0.3, -0.25) is 4.79 Å². The maximum Gasteiger partial charge on any atom is 0.304 e. The Morgan fingerprint density at radius 3 is 2.18 bits per heavy atom. The second kappa shape index (κ2) is 4.27. The number of aliphatic carboxylic acids is 1. The van der Waals surface area contributed by atoms with Gasteiger partial charge in [0.15, 0.2) is 0 Å². The lowest BCUT2D eigenvalue weighted by Gasteiger charge is -2.55. The van der Waals surface area contributed by atoms with E-state index in [1.807, 2.05) is 6.92 Å². The van der Waals surface area contributed by atoms with Gasteiger partial charge in [0.2, 0.25) is 0 Å². The molecule has 0 aromatic rings. The summed E-state index contributed by atoms with van der Waals surface area (Å²) in [7, 11) is 0. The molecule has 1 unspecified atom stereocenters. The van der Waals surface area contributed by atoms with E-state index in [2.05, 4.69) is 5.32 Å². The number of rotatable bonds is 4. The molecular formula is C14H23NO2. The lowest BCUT2D eigenvalue weighted by molar-refractivity contribution is -0.137. The van der Waals surface area contributed by atoms with E-state index in [4.69, 9.17) is 5.11 Å². The van der Waals surface area contributed by atoms with Crippen molar-refractivity contribution in [2.45, 2.75) is 57.5 Å². The molecule has 1 atom stereocenters. The minimum atomic E-state index is -0.686. The van der Waals surface area contributed by atoms with E-state index in [0.29, 0.717) is 6.04 Å². The van der Waals surface area contributed by atoms with Crippen LogP contribution in [0.2, 0.25) is 0 Å². The Bertz CT molecular complexity index is 287. The first kappa shape index (κ1) is 11.5. The van der Waals surface area contributed by atoms with Crippen LogP contribution in [0.1, 0.15) is 45.4 Å². The lowest BCUT2D eigenvalue weighted by Crippen LogP contribution is -2.56. The molecule has 4 bridgehead atoms. The van der Waals surface area contributed by atoms with E-state index in [1.54, 1.807) is 0 Å². The van der Waals surface area contributed by atoms with Crippen molar-refractivity contribution in [3.63, 3.8) is 0 Å². The topological polar surface area (TPSA) is 49.3 Å². The summed E-state index contributed by atoms with van der Waals surface area (Å²) in [6.07, 6.45) is 7.30. The number of hydrogen-bond acceptors (Lipinski definition) is 2. The minimum Gasteiger partial charge on any atom is -0.481 e. The van der Waals surface area contributed by atoms with Crippen LogP contribution in [0.4, 0.5) is 0 Å². The van der Waals surface area contributed by atoms with Crippen molar-refractivity contribution in [2.24, 2.45) is 23.7 Å². The van der Waals surface area contributed by atoms with Gasteiger partial charge in [-0.15, -0.1) is 0 Å². The van der Waals surface area contributed by atoms with E-state index in [9.17, 15) is 4.79 Å². The van der Waals surface area contributed by atoms with Crippen LogP contribution in [-0.4, -0.2) is 23.2 Å². The molecule has 0 aromatic heterocycles. The molecule has 4 aliphatic rings. The first-order chi connectivity index (χ1) is 8.11. The van der Waals surface area contributed by atoms with Crippen LogP contribution in [0, 0.1) is 23.7 Å². The Kier molecular flexibility index (Phi) is 2.89. The van der Waals surface area contributed by atoms with Crippen molar-refractivity contribution in [1.29, 1.82) is 0 Å². The van der Waals surface area contributed by atoms with Crippen LogP contribution < -0.4 is 5.32 Å². The van der Waals surface area contributed by atoms with Crippen LogP contribution in [0.5, 0.6) is 0 Å². The van der Waals surface area contributed by atoms with Crippen LogP contribution in [0.25, 0.3) is 0 Å². The highest BCUT2D eigenvalue weighted by atomic mass is 16.4. The normalized spacial score (nSPS) is 44.9. The van der Waals surface area contributed by atoms with Gasteiger partial charge in [0.05, 0.1) is 6.42 Å². The van der Waals surface area contributed by atoms with Gasteiger partial charge >= 0.3 is 5.97 Å². The van der Waals surface area contributed by atoms with E-state index < -0.39 is 5.97 Å². The Hall–Kier alpha value is -0.570. The highest BCUT2D eigenvalue weighted by Gasteiger charge is 2.48. The molecule has 96 valence electrons. The predicted molar refractivity (Wildman–Crippen MR) is 65.7 cm³/mol. The molecule has 0 radical (unpaired) electrons. The number of carboxylic acids is 1. The molecule has 2 N–H and O–H groups in total. The molecule has 0 aliphatic heterocycles. The number of carbonyl (C=O) groups is 1. The molecule has 0 heterocycles. The third kappa shape index (κ3) is 2.22. The maximum atomic E-state index is 10.7. The van der Waals surface area contributed by atoms with Gasteiger partial charge in [0, 0.05) is 12.1 Å². The summed E-state index contributed by atoms with van der Waals surface area (Å²) in [5, 5.41) is 12.4. The SMILES string of the molecule is CC(CC(=O)O)NC1C2CC3CC(C2)CC1C3. The molecule has 3 nitrogen and oxygen atoms in total. The summed E-state index contributed by atoms with van der Waals surface area (Å²) < 4.78 is 0. The van der Waals surface area contributed by atoms with Gasteiger partial charge in [-0.25, -0.2) is 0 Å². The third-order valence-corrected chi connectivity index (χ3v) is 5.18. The Labute approximate surface area is 103 Å². The largest absolute Gasteiger partial charge is 0.481 e. The summed E-state index contributed by atoms with van der Waals surface area (Å²) in [6.45, 7) is 2.01. The molecule has 4 aliphatic carbocycles. The van der Waals surface area contributed by atoms with Gasteiger partial charge in [-0.2, -0.15) is 0 Å². The molecule has 0 spiro atoms. The average Bonchev–Trinajstić information content (AvgIpc) is 2.21. The Morgan fingerprint density at radius 2 is 1.71 bits per heavy atom. The van der Waals surface area contributed by atoms with E-state index >= 15 is 0 Å². The Balaban J connectivity index is 1.62. The van der Waals surface area contributed by atoms with E-state index in [0.717, 1.165) is 23.7 Å². The van der Waals surface area contributed by atoms with E-state index in [1.165, 1.54) is 32.1 Å². The van der Waals surface area contributed by atoms with Crippen LogP contribution in [0.15, 0.2) is 0 Å². The molecule has 17 heavy (non-hydrogen) atoms. The predicted octanol–water partition coefficient (Wildman–Crippen LogP) is 2.26. The maximum absolute atomic E-state index is 10.7. The second-order valence-corrected chi connectivity index (χ2v) is 6.62. The van der Waals surface area contributed by atoms with Crippen molar-refractivity contribution in [3.05, 3.63) is 0 Å². The lowest BCUT2D eigenvalue weighted by atomic mass is 9.54. The van der Waals surface area contributed by atoms with Crippen molar-refractivity contribution in [2.75, 3.05) is 0 Å². The molecule has 4 rings (SSSR count). The smallest absolute Gasteiger partial charge is 0.304 e. The molecule has 0 aromatic carbocycles. The average molecular weight is 237 g/mol. The Morgan fingerprint density at radius 1 is 1.18 bits per heavy atom.